The van der Waals surface area contributed by atoms with Gasteiger partial charge in [-0.2, -0.15) is 17.6 Å². The topological polar surface area (TPSA) is 29.5 Å². The average molecular weight is 338 g/mol. The second-order valence-corrected chi connectivity index (χ2v) is 6.21. The molecule has 1 saturated carbocycles. The lowest BCUT2D eigenvalue weighted by Gasteiger charge is -2.52. The normalized spacial score (nSPS) is 31.3. The number of hydrogen-bond donors (Lipinski definition) is 0. The van der Waals surface area contributed by atoms with Gasteiger partial charge in [0.15, 0.2) is 0 Å². The molecular weight excluding hydrogens is 326 g/mol. The van der Waals surface area contributed by atoms with Crippen molar-refractivity contribution in [2.75, 3.05) is 13.1 Å². The van der Waals surface area contributed by atoms with Crippen LogP contribution >= 0.6 is 11.6 Å². The Morgan fingerprint density at radius 3 is 2.50 bits per heavy atom. The van der Waals surface area contributed by atoms with Crippen LogP contribution in [0, 0.1) is 5.92 Å². The van der Waals surface area contributed by atoms with Gasteiger partial charge in [-0.05, 0) is 5.56 Å². The molecule has 1 aliphatic heterocycles. The fourth-order valence-corrected chi connectivity index (χ4v) is 3.38. The van der Waals surface area contributed by atoms with E-state index in [2.05, 4.69) is 0 Å². The van der Waals surface area contributed by atoms with Crippen molar-refractivity contribution in [2.24, 2.45) is 5.92 Å². The number of halogens is 5. The van der Waals surface area contributed by atoms with Crippen LogP contribution in [0.2, 0.25) is 0 Å². The highest BCUT2D eigenvalue weighted by atomic mass is 35.5. The molecule has 2 fully saturated rings. The largest absolute Gasteiger partial charge is 0.445 e. The van der Waals surface area contributed by atoms with Crippen LogP contribution in [-0.4, -0.2) is 40.8 Å². The van der Waals surface area contributed by atoms with E-state index in [9.17, 15) is 22.4 Å². The van der Waals surface area contributed by atoms with Gasteiger partial charge in [0.05, 0.1) is 5.92 Å². The zero-order chi connectivity index (χ0) is 16.2. The van der Waals surface area contributed by atoms with Gasteiger partial charge in [0.1, 0.15) is 11.5 Å². The molecule has 0 spiro atoms. The first-order valence-corrected chi connectivity index (χ1v) is 6.98. The number of rotatable bonds is 2. The summed E-state index contributed by atoms with van der Waals surface area (Å²) < 4.78 is 58.7. The number of fused-ring (bicyclic) bond motifs is 1. The van der Waals surface area contributed by atoms with Crippen molar-refractivity contribution in [1.29, 1.82) is 0 Å². The summed E-state index contributed by atoms with van der Waals surface area (Å²) in [5, 5.41) is 0. The molecule has 3 nitrogen and oxygen atoms in total. The van der Waals surface area contributed by atoms with E-state index >= 15 is 0 Å². The van der Waals surface area contributed by atoms with Gasteiger partial charge in [0, 0.05) is 13.1 Å². The van der Waals surface area contributed by atoms with Gasteiger partial charge < -0.3 is 9.64 Å². The van der Waals surface area contributed by atoms with E-state index in [1.54, 1.807) is 30.3 Å². The Balaban J connectivity index is 1.65. The zero-order valence-electron chi connectivity index (χ0n) is 11.2. The first kappa shape index (κ1) is 15.4. The summed E-state index contributed by atoms with van der Waals surface area (Å²) in [6, 6.07) is 8.70. The molecule has 1 aromatic carbocycles. The molecule has 8 heteroatoms. The van der Waals surface area contributed by atoms with Crippen LogP contribution < -0.4 is 0 Å². The van der Waals surface area contributed by atoms with Gasteiger partial charge in [-0.15, -0.1) is 11.6 Å². The number of alkyl halides is 5. The molecule has 1 aliphatic carbocycles. The molecule has 120 valence electrons. The van der Waals surface area contributed by atoms with Crippen LogP contribution in [-0.2, 0) is 11.3 Å². The Morgan fingerprint density at radius 1 is 1.27 bits per heavy atom. The van der Waals surface area contributed by atoms with E-state index in [0.717, 1.165) is 4.90 Å². The summed E-state index contributed by atoms with van der Waals surface area (Å²) >= 11 is 5.66. The highest BCUT2D eigenvalue weighted by Crippen LogP contribution is 2.67. The Bertz CT molecular complexity index is 598. The van der Waals surface area contributed by atoms with Gasteiger partial charge >= 0.3 is 17.9 Å². The van der Waals surface area contributed by atoms with Gasteiger partial charge in [-0.3, -0.25) is 0 Å². The molecule has 2 aliphatic rings. The summed E-state index contributed by atoms with van der Waals surface area (Å²) in [7, 11) is 0. The number of carbonyl (C=O) groups is 1. The number of amides is 1. The van der Waals surface area contributed by atoms with Crippen LogP contribution in [0.5, 0.6) is 0 Å². The molecule has 0 aromatic heterocycles. The van der Waals surface area contributed by atoms with Crippen LogP contribution in [0.3, 0.4) is 0 Å². The monoisotopic (exact) mass is 337 g/mol. The highest BCUT2D eigenvalue weighted by Gasteiger charge is 2.88. The van der Waals surface area contributed by atoms with Crippen molar-refractivity contribution in [3.8, 4) is 0 Å². The smallest absolute Gasteiger partial charge is 0.410 e. The number of carbonyl (C=O) groups excluding carboxylic acids is 1. The first-order valence-electron chi connectivity index (χ1n) is 6.60. The fourth-order valence-electron chi connectivity index (χ4n) is 2.91. The van der Waals surface area contributed by atoms with Gasteiger partial charge in [-0.25, -0.2) is 4.79 Å². The summed E-state index contributed by atoms with van der Waals surface area (Å²) in [6.07, 6.45) is -0.926. The van der Waals surface area contributed by atoms with Crippen molar-refractivity contribution in [3.63, 3.8) is 0 Å². The maximum absolute atomic E-state index is 13.5. The summed E-state index contributed by atoms with van der Waals surface area (Å²) in [5.41, 5.74) is 0.703. The minimum absolute atomic E-state index is 0.0666. The maximum atomic E-state index is 13.5. The Kier molecular flexibility index (Phi) is 3.32. The predicted molar refractivity (Wildman–Crippen MR) is 70.2 cm³/mol. The van der Waals surface area contributed by atoms with E-state index in [1.165, 1.54) is 0 Å². The lowest BCUT2D eigenvalue weighted by molar-refractivity contribution is -0.326. The average Bonchev–Trinajstić information content (AvgIpc) is 2.84. The number of likely N-dealkylation sites (tertiary alicyclic amines) is 1. The second kappa shape index (κ2) is 4.75. The lowest BCUT2D eigenvalue weighted by Crippen LogP contribution is -2.75. The molecular formula is C14H12ClF4NO2. The quantitative estimate of drug-likeness (QED) is 0.610. The molecule has 1 aromatic rings. The SMILES string of the molecule is O=C(OCc1ccccc1)N1CC2C(F)(F)C(F)(F)C2(Cl)C1. The minimum atomic E-state index is -4.33. The third kappa shape index (κ3) is 1.91. The number of benzene rings is 1. The highest BCUT2D eigenvalue weighted by molar-refractivity contribution is 6.26. The van der Waals surface area contributed by atoms with E-state index in [4.69, 9.17) is 16.3 Å². The minimum Gasteiger partial charge on any atom is -0.445 e. The van der Waals surface area contributed by atoms with Crippen LogP contribution in [0.1, 0.15) is 5.56 Å². The van der Waals surface area contributed by atoms with Gasteiger partial charge in [0.25, 0.3) is 0 Å². The fraction of sp³-hybridized carbons (Fsp3) is 0.500. The summed E-state index contributed by atoms with van der Waals surface area (Å²) in [5.74, 6) is -10.3. The van der Waals surface area contributed by atoms with E-state index in [1.807, 2.05) is 0 Å². The third-order valence-electron chi connectivity index (χ3n) is 4.22. The Morgan fingerprint density at radius 2 is 1.91 bits per heavy atom. The van der Waals surface area contributed by atoms with Crippen molar-refractivity contribution in [2.45, 2.75) is 23.3 Å². The zero-order valence-corrected chi connectivity index (χ0v) is 12.0. The van der Waals surface area contributed by atoms with Crippen LogP contribution in [0.15, 0.2) is 30.3 Å². The molecule has 0 N–H and O–H groups in total. The number of hydrogen-bond acceptors (Lipinski definition) is 2. The van der Waals surface area contributed by atoms with Crippen molar-refractivity contribution in [3.05, 3.63) is 35.9 Å². The second-order valence-electron chi connectivity index (χ2n) is 5.53. The summed E-state index contributed by atoms with van der Waals surface area (Å²) in [4.78, 5) is 10.3. The van der Waals surface area contributed by atoms with Crippen LogP contribution in [0.4, 0.5) is 22.4 Å². The van der Waals surface area contributed by atoms with Gasteiger partial charge in [-0.1, -0.05) is 30.3 Å². The summed E-state index contributed by atoms with van der Waals surface area (Å²) in [6.45, 7) is -1.27. The molecule has 1 heterocycles. The van der Waals surface area contributed by atoms with Gasteiger partial charge in [0.2, 0.25) is 0 Å². The van der Waals surface area contributed by atoms with E-state index in [0.29, 0.717) is 5.56 Å². The third-order valence-corrected chi connectivity index (χ3v) is 4.84. The Hall–Kier alpha value is -1.50. The number of ether oxygens (including phenoxy) is 1. The van der Waals surface area contributed by atoms with E-state index in [-0.39, 0.29) is 6.61 Å². The van der Waals surface area contributed by atoms with Crippen molar-refractivity contribution in [1.82, 2.24) is 4.90 Å². The maximum Gasteiger partial charge on any atom is 0.410 e. The molecule has 0 bridgehead atoms. The molecule has 3 rings (SSSR count). The molecule has 1 amide bonds. The standard InChI is InChI=1S/C14H12ClF4NO2/c15-12-8-20(6-10(12)13(16,17)14(12,18)19)11(21)22-7-9-4-2-1-3-5-9/h1-5,10H,6-8H2. The van der Waals surface area contributed by atoms with Crippen LogP contribution in [0.25, 0.3) is 0 Å². The first-order chi connectivity index (χ1) is 10.2. The molecule has 2 atom stereocenters. The predicted octanol–water partition coefficient (Wildman–Crippen LogP) is 3.52. The van der Waals surface area contributed by atoms with E-state index < -0.39 is 41.8 Å². The molecule has 1 saturated heterocycles. The molecule has 0 radical (unpaired) electrons. The molecule has 22 heavy (non-hydrogen) atoms. The lowest BCUT2D eigenvalue weighted by atomic mass is 9.67. The Labute approximate surface area is 128 Å². The number of nitrogens with zero attached hydrogens (tertiary/aromatic N) is 1. The van der Waals surface area contributed by atoms with Crippen molar-refractivity contribution >= 4 is 17.7 Å². The molecule has 2 unspecified atom stereocenters. The van der Waals surface area contributed by atoms with Crippen molar-refractivity contribution < 1.29 is 27.1 Å².